The van der Waals surface area contributed by atoms with E-state index in [2.05, 4.69) is 5.32 Å². The van der Waals surface area contributed by atoms with E-state index in [4.69, 9.17) is 14.3 Å². The van der Waals surface area contributed by atoms with Crippen LogP contribution in [0.2, 0.25) is 0 Å². The number of aliphatic hydroxyl groups is 1. The average molecular weight is 213 g/mol. The number of carbonyl (C=O) groups excluding carboxylic acids is 1. The van der Waals surface area contributed by atoms with Crippen LogP contribution in [-0.2, 0) is 11.3 Å². The molecule has 1 aromatic heterocycles. The third-order valence-electron chi connectivity index (χ3n) is 1.73. The second kappa shape index (κ2) is 6.21. The van der Waals surface area contributed by atoms with Gasteiger partial charge in [-0.25, -0.2) is 4.79 Å². The summed E-state index contributed by atoms with van der Waals surface area (Å²) in [5.41, 5.74) is 0. The summed E-state index contributed by atoms with van der Waals surface area (Å²) in [7, 11) is 0. The van der Waals surface area contributed by atoms with Crippen LogP contribution in [0.15, 0.2) is 16.5 Å². The maximum atomic E-state index is 11.2. The molecule has 15 heavy (non-hydrogen) atoms. The fourth-order valence-corrected chi connectivity index (χ4v) is 1.08. The van der Waals surface area contributed by atoms with Crippen LogP contribution in [0.1, 0.15) is 23.2 Å². The Morgan fingerprint density at radius 3 is 3.07 bits per heavy atom. The van der Waals surface area contributed by atoms with E-state index in [-0.39, 0.29) is 12.4 Å². The predicted octanol–water partition coefficient (Wildman–Crippen LogP) is 0.538. The molecular weight excluding hydrogens is 198 g/mol. The standard InChI is InChI=1S/C10H15NO4/c1-2-14-10(13)9-4-3-8(15-9)7-11-5-6-12/h3-4,11-12H,2,5-7H2,1H3. The van der Waals surface area contributed by atoms with E-state index in [0.29, 0.717) is 25.5 Å². The zero-order valence-electron chi connectivity index (χ0n) is 8.66. The molecule has 0 fully saturated rings. The van der Waals surface area contributed by atoms with Crippen molar-refractivity contribution in [3.05, 3.63) is 23.7 Å². The van der Waals surface area contributed by atoms with E-state index < -0.39 is 5.97 Å². The van der Waals surface area contributed by atoms with Crippen molar-refractivity contribution in [2.45, 2.75) is 13.5 Å². The number of carbonyl (C=O) groups is 1. The monoisotopic (exact) mass is 213 g/mol. The summed E-state index contributed by atoms with van der Waals surface area (Å²) in [6.45, 7) is 3.13. The maximum Gasteiger partial charge on any atom is 0.374 e. The molecule has 0 spiro atoms. The molecule has 0 radical (unpaired) electrons. The van der Waals surface area contributed by atoms with Gasteiger partial charge in [-0.2, -0.15) is 0 Å². The summed E-state index contributed by atoms with van der Waals surface area (Å²) in [6.07, 6.45) is 0. The Hall–Kier alpha value is -1.33. The van der Waals surface area contributed by atoms with Gasteiger partial charge in [0.15, 0.2) is 0 Å². The van der Waals surface area contributed by atoms with E-state index in [9.17, 15) is 4.79 Å². The molecule has 1 aromatic rings. The Morgan fingerprint density at radius 2 is 2.40 bits per heavy atom. The Labute approximate surface area is 88.0 Å². The Morgan fingerprint density at radius 1 is 1.60 bits per heavy atom. The molecule has 0 aliphatic rings. The zero-order chi connectivity index (χ0) is 11.1. The lowest BCUT2D eigenvalue weighted by Gasteiger charge is -1.99. The smallest absolute Gasteiger partial charge is 0.374 e. The van der Waals surface area contributed by atoms with E-state index in [1.807, 2.05) is 0 Å². The number of aliphatic hydroxyl groups excluding tert-OH is 1. The van der Waals surface area contributed by atoms with Crippen LogP contribution >= 0.6 is 0 Å². The van der Waals surface area contributed by atoms with Crippen molar-refractivity contribution in [2.75, 3.05) is 19.8 Å². The van der Waals surface area contributed by atoms with Crippen molar-refractivity contribution in [1.29, 1.82) is 0 Å². The lowest BCUT2D eigenvalue weighted by Crippen LogP contribution is -2.16. The van der Waals surface area contributed by atoms with Crippen LogP contribution in [-0.4, -0.2) is 30.8 Å². The maximum absolute atomic E-state index is 11.2. The van der Waals surface area contributed by atoms with Gasteiger partial charge in [-0.05, 0) is 19.1 Å². The quantitative estimate of drug-likeness (QED) is 0.533. The van der Waals surface area contributed by atoms with Crippen molar-refractivity contribution in [3.8, 4) is 0 Å². The van der Waals surface area contributed by atoms with Gasteiger partial charge in [-0.3, -0.25) is 0 Å². The normalized spacial score (nSPS) is 10.3. The topological polar surface area (TPSA) is 71.7 Å². The molecule has 0 amide bonds. The first-order chi connectivity index (χ1) is 7.27. The molecule has 5 nitrogen and oxygen atoms in total. The minimum absolute atomic E-state index is 0.0748. The molecule has 0 aliphatic carbocycles. The summed E-state index contributed by atoms with van der Waals surface area (Å²) in [5, 5.41) is 11.5. The van der Waals surface area contributed by atoms with Gasteiger partial charge in [0.25, 0.3) is 0 Å². The molecule has 0 unspecified atom stereocenters. The number of rotatable bonds is 6. The molecule has 2 N–H and O–H groups in total. The molecule has 1 heterocycles. The first-order valence-electron chi connectivity index (χ1n) is 4.85. The number of esters is 1. The van der Waals surface area contributed by atoms with E-state index in [1.165, 1.54) is 0 Å². The van der Waals surface area contributed by atoms with Crippen LogP contribution in [0, 0.1) is 0 Å². The number of nitrogens with one attached hydrogen (secondary N) is 1. The minimum atomic E-state index is -0.453. The van der Waals surface area contributed by atoms with Gasteiger partial charge >= 0.3 is 5.97 Å². The van der Waals surface area contributed by atoms with Gasteiger partial charge in [0.1, 0.15) is 5.76 Å². The van der Waals surface area contributed by atoms with E-state index >= 15 is 0 Å². The largest absolute Gasteiger partial charge is 0.460 e. The van der Waals surface area contributed by atoms with Gasteiger partial charge in [-0.15, -0.1) is 0 Å². The molecule has 0 bridgehead atoms. The van der Waals surface area contributed by atoms with E-state index in [1.54, 1.807) is 19.1 Å². The van der Waals surface area contributed by atoms with E-state index in [0.717, 1.165) is 0 Å². The second-order valence-electron chi connectivity index (χ2n) is 2.89. The molecule has 1 rings (SSSR count). The average Bonchev–Trinajstić information content (AvgIpc) is 2.67. The fraction of sp³-hybridized carbons (Fsp3) is 0.500. The molecule has 0 atom stereocenters. The van der Waals surface area contributed by atoms with Crippen molar-refractivity contribution in [2.24, 2.45) is 0 Å². The summed E-state index contributed by atoms with van der Waals surface area (Å²) >= 11 is 0. The van der Waals surface area contributed by atoms with Gasteiger partial charge in [-0.1, -0.05) is 0 Å². The molecular formula is C10H15NO4. The predicted molar refractivity (Wildman–Crippen MR) is 53.5 cm³/mol. The first-order valence-corrected chi connectivity index (χ1v) is 4.85. The van der Waals surface area contributed by atoms with Gasteiger partial charge in [0, 0.05) is 6.54 Å². The third-order valence-corrected chi connectivity index (χ3v) is 1.73. The molecule has 0 saturated heterocycles. The Bertz CT molecular complexity index is 308. The van der Waals surface area contributed by atoms with Crippen LogP contribution in [0.3, 0.4) is 0 Å². The van der Waals surface area contributed by atoms with Crippen LogP contribution in [0.5, 0.6) is 0 Å². The number of hydrogen-bond donors (Lipinski definition) is 2. The highest BCUT2D eigenvalue weighted by Crippen LogP contribution is 2.08. The van der Waals surface area contributed by atoms with Crippen molar-refractivity contribution in [1.82, 2.24) is 5.32 Å². The van der Waals surface area contributed by atoms with Crippen LogP contribution in [0.25, 0.3) is 0 Å². The van der Waals surface area contributed by atoms with Gasteiger partial charge in [0.05, 0.1) is 19.8 Å². The summed E-state index contributed by atoms with van der Waals surface area (Å²) in [6, 6.07) is 3.28. The summed E-state index contributed by atoms with van der Waals surface area (Å²) in [5.74, 6) is 0.398. The van der Waals surface area contributed by atoms with Crippen LogP contribution < -0.4 is 5.32 Å². The lowest BCUT2D eigenvalue weighted by molar-refractivity contribution is 0.0488. The minimum Gasteiger partial charge on any atom is -0.460 e. The first kappa shape index (κ1) is 11.7. The Kier molecular flexibility index (Phi) is 4.86. The summed E-state index contributed by atoms with van der Waals surface area (Å²) in [4.78, 5) is 11.2. The summed E-state index contributed by atoms with van der Waals surface area (Å²) < 4.78 is 10.00. The fourth-order valence-electron chi connectivity index (χ4n) is 1.08. The van der Waals surface area contributed by atoms with Crippen molar-refractivity contribution >= 4 is 5.97 Å². The zero-order valence-corrected chi connectivity index (χ0v) is 8.66. The van der Waals surface area contributed by atoms with Crippen molar-refractivity contribution in [3.63, 3.8) is 0 Å². The highest BCUT2D eigenvalue weighted by Gasteiger charge is 2.11. The van der Waals surface area contributed by atoms with Crippen LogP contribution in [0.4, 0.5) is 0 Å². The lowest BCUT2D eigenvalue weighted by atomic mass is 10.4. The Balaban J connectivity index is 2.45. The number of furan rings is 1. The highest BCUT2D eigenvalue weighted by molar-refractivity contribution is 5.86. The number of hydrogen-bond acceptors (Lipinski definition) is 5. The highest BCUT2D eigenvalue weighted by atomic mass is 16.5. The van der Waals surface area contributed by atoms with Crippen molar-refractivity contribution < 1.29 is 19.1 Å². The molecule has 0 aromatic carbocycles. The number of ether oxygens (including phenoxy) is 1. The molecule has 84 valence electrons. The SMILES string of the molecule is CCOC(=O)c1ccc(CNCCO)o1. The molecule has 0 aliphatic heterocycles. The van der Waals surface area contributed by atoms with Gasteiger partial charge < -0.3 is 19.6 Å². The third kappa shape index (κ3) is 3.73. The molecule has 5 heteroatoms. The second-order valence-corrected chi connectivity index (χ2v) is 2.89. The van der Waals surface area contributed by atoms with Gasteiger partial charge in [0.2, 0.25) is 5.76 Å². The molecule has 0 saturated carbocycles.